The van der Waals surface area contributed by atoms with Crippen LogP contribution in [0.1, 0.15) is 43.2 Å². The number of benzene rings is 1. The molecule has 1 aliphatic carbocycles. The van der Waals surface area contributed by atoms with Crippen molar-refractivity contribution in [3.05, 3.63) is 35.4 Å². The molecule has 1 aliphatic heterocycles. The van der Waals surface area contributed by atoms with Crippen LogP contribution in [0, 0.1) is 6.92 Å². The number of alkyl halides is 1. The number of likely N-dealkylation sites (tertiary alicyclic amines) is 1. The largest absolute Gasteiger partial charge is 0.479 e. The highest BCUT2D eigenvalue weighted by Gasteiger charge is 2.52. The van der Waals surface area contributed by atoms with E-state index in [-0.39, 0.29) is 25.4 Å². The summed E-state index contributed by atoms with van der Waals surface area (Å²) in [6.45, 7) is 1.83. The van der Waals surface area contributed by atoms with Crippen molar-refractivity contribution in [2.24, 2.45) is 0 Å². The summed E-state index contributed by atoms with van der Waals surface area (Å²) in [5.74, 6) is -1.58. The lowest BCUT2D eigenvalue weighted by Crippen LogP contribution is -2.46. The van der Waals surface area contributed by atoms with Gasteiger partial charge in [0.15, 0.2) is 0 Å². The lowest BCUT2D eigenvalue weighted by molar-refractivity contribution is -0.150. The van der Waals surface area contributed by atoms with E-state index in [1.54, 1.807) is 0 Å². The third-order valence-corrected chi connectivity index (χ3v) is 5.33. The molecular weight excluding hydrogens is 297 g/mol. The summed E-state index contributed by atoms with van der Waals surface area (Å²) in [6.07, 6.45) is 3.30. The highest BCUT2D eigenvalue weighted by Crippen LogP contribution is 2.44. The molecule has 1 amide bonds. The Morgan fingerprint density at radius 3 is 2.48 bits per heavy atom. The second-order valence-corrected chi connectivity index (χ2v) is 6.91. The fourth-order valence-corrected chi connectivity index (χ4v) is 3.97. The third-order valence-electron chi connectivity index (χ3n) is 5.33. The first kappa shape index (κ1) is 16.0. The SMILES string of the molecule is Cc1cccc(C2(C(=O)N3CCC(F)(C(=O)O)C3)CCCC2)c1. The molecule has 0 bridgehead atoms. The van der Waals surface area contributed by atoms with Gasteiger partial charge >= 0.3 is 5.97 Å². The predicted octanol–water partition coefficient (Wildman–Crippen LogP) is 2.83. The fourth-order valence-electron chi connectivity index (χ4n) is 3.97. The van der Waals surface area contributed by atoms with Crippen molar-refractivity contribution in [1.29, 1.82) is 0 Å². The Balaban J connectivity index is 1.91. The lowest BCUT2D eigenvalue weighted by atomic mass is 9.77. The first-order valence-electron chi connectivity index (χ1n) is 8.16. The summed E-state index contributed by atoms with van der Waals surface area (Å²) in [7, 11) is 0. The van der Waals surface area contributed by atoms with Crippen LogP contribution < -0.4 is 0 Å². The number of halogens is 1. The molecule has 4 nitrogen and oxygen atoms in total. The molecule has 1 saturated heterocycles. The number of nitrogens with zero attached hydrogens (tertiary/aromatic N) is 1. The summed E-state index contributed by atoms with van der Waals surface area (Å²) in [6, 6.07) is 7.92. The van der Waals surface area contributed by atoms with Crippen molar-refractivity contribution in [1.82, 2.24) is 4.90 Å². The fraction of sp³-hybridized carbons (Fsp3) is 0.556. The van der Waals surface area contributed by atoms with Crippen molar-refractivity contribution in [2.75, 3.05) is 13.1 Å². The second-order valence-electron chi connectivity index (χ2n) is 6.91. The average molecular weight is 319 g/mol. The van der Waals surface area contributed by atoms with E-state index >= 15 is 0 Å². The zero-order chi connectivity index (χ0) is 16.7. The molecule has 1 atom stereocenters. The maximum absolute atomic E-state index is 14.3. The molecule has 23 heavy (non-hydrogen) atoms. The van der Waals surface area contributed by atoms with Crippen molar-refractivity contribution >= 4 is 11.9 Å². The molecule has 2 fully saturated rings. The van der Waals surface area contributed by atoms with E-state index in [0.29, 0.717) is 0 Å². The van der Waals surface area contributed by atoms with Crippen molar-refractivity contribution < 1.29 is 19.1 Å². The molecule has 3 rings (SSSR count). The molecule has 1 N–H and O–H groups in total. The van der Waals surface area contributed by atoms with Crippen LogP contribution in [0.15, 0.2) is 24.3 Å². The van der Waals surface area contributed by atoms with Gasteiger partial charge in [-0.1, -0.05) is 42.7 Å². The molecule has 0 radical (unpaired) electrons. The lowest BCUT2D eigenvalue weighted by Gasteiger charge is -2.33. The van der Waals surface area contributed by atoms with Crippen molar-refractivity contribution in [2.45, 2.75) is 50.1 Å². The van der Waals surface area contributed by atoms with E-state index in [0.717, 1.165) is 36.8 Å². The zero-order valence-electron chi connectivity index (χ0n) is 13.3. The Morgan fingerprint density at radius 1 is 1.22 bits per heavy atom. The van der Waals surface area contributed by atoms with E-state index in [2.05, 4.69) is 0 Å². The molecule has 1 aromatic rings. The van der Waals surface area contributed by atoms with E-state index in [1.165, 1.54) is 4.90 Å². The van der Waals surface area contributed by atoms with E-state index < -0.39 is 17.1 Å². The number of carbonyl (C=O) groups is 2. The quantitative estimate of drug-likeness (QED) is 0.932. The van der Waals surface area contributed by atoms with Crippen LogP contribution in [0.25, 0.3) is 0 Å². The summed E-state index contributed by atoms with van der Waals surface area (Å²) >= 11 is 0. The number of rotatable bonds is 3. The molecule has 2 aliphatic rings. The Labute approximate surface area is 135 Å². The van der Waals surface area contributed by atoms with Gasteiger partial charge in [0, 0.05) is 13.0 Å². The molecular formula is C18H22FNO3. The molecule has 5 heteroatoms. The van der Waals surface area contributed by atoms with Gasteiger partial charge in [-0.3, -0.25) is 4.79 Å². The smallest absolute Gasteiger partial charge is 0.343 e. The average Bonchev–Trinajstić information content (AvgIpc) is 3.15. The number of amides is 1. The molecule has 0 spiro atoms. The van der Waals surface area contributed by atoms with Gasteiger partial charge < -0.3 is 10.0 Å². The minimum atomic E-state index is -2.30. The van der Waals surface area contributed by atoms with Crippen LogP contribution in [0.2, 0.25) is 0 Å². The number of carboxylic acids is 1. The topological polar surface area (TPSA) is 57.6 Å². The maximum atomic E-state index is 14.3. The van der Waals surface area contributed by atoms with Gasteiger partial charge in [-0.15, -0.1) is 0 Å². The number of hydrogen-bond acceptors (Lipinski definition) is 2. The minimum absolute atomic E-state index is 0.110. The van der Waals surface area contributed by atoms with Gasteiger partial charge in [-0.05, 0) is 25.3 Å². The second kappa shape index (κ2) is 5.62. The van der Waals surface area contributed by atoms with Gasteiger partial charge in [0.1, 0.15) is 0 Å². The summed E-state index contributed by atoms with van der Waals surface area (Å²) in [4.78, 5) is 25.7. The number of aryl methyl sites for hydroxylation is 1. The number of carbonyl (C=O) groups excluding carboxylic acids is 1. The standard InChI is InChI=1S/C18H22FNO3/c1-13-5-4-6-14(11-13)17(7-2-3-8-17)15(21)20-10-9-18(19,12-20)16(22)23/h4-6,11H,2-3,7-10,12H2,1H3,(H,22,23). The first-order valence-corrected chi connectivity index (χ1v) is 8.16. The zero-order valence-corrected chi connectivity index (χ0v) is 13.3. The van der Waals surface area contributed by atoms with Crippen LogP contribution in [0.3, 0.4) is 0 Å². The third kappa shape index (κ3) is 2.62. The number of hydrogen-bond donors (Lipinski definition) is 1. The monoisotopic (exact) mass is 319 g/mol. The van der Waals surface area contributed by atoms with E-state index in [4.69, 9.17) is 5.11 Å². The van der Waals surface area contributed by atoms with Crippen LogP contribution in [-0.4, -0.2) is 40.6 Å². The Hall–Kier alpha value is -1.91. The first-order chi connectivity index (χ1) is 10.9. The number of aliphatic carboxylic acids is 1. The van der Waals surface area contributed by atoms with Crippen molar-refractivity contribution in [3.63, 3.8) is 0 Å². The Kier molecular flexibility index (Phi) is 3.90. The van der Waals surface area contributed by atoms with Crippen molar-refractivity contribution in [3.8, 4) is 0 Å². The van der Waals surface area contributed by atoms with Gasteiger partial charge in [0.2, 0.25) is 11.6 Å². The van der Waals surface area contributed by atoms with E-state index in [9.17, 15) is 14.0 Å². The summed E-state index contributed by atoms with van der Waals surface area (Å²) < 4.78 is 14.3. The summed E-state index contributed by atoms with van der Waals surface area (Å²) in [5, 5.41) is 9.04. The molecule has 1 saturated carbocycles. The maximum Gasteiger partial charge on any atom is 0.343 e. The Morgan fingerprint density at radius 2 is 1.91 bits per heavy atom. The minimum Gasteiger partial charge on any atom is -0.479 e. The van der Waals surface area contributed by atoms with Gasteiger partial charge in [0.25, 0.3) is 0 Å². The highest BCUT2D eigenvalue weighted by molar-refractivity contribution is 5.90. The van der Waals surface area contributed by atoms with Crippen LogP contribution in [-0.2, 0) is 15.0 Å². The molecule has 1 aromatic carbocycles. The molecule has 1 unspecified atom stereocenters. The molecule has 0 aromatic heterocycles. The normalized spacial score (nSPS) is 26.4. The highest BCUT2D eigenvalue weighted by atomic mass is 19.1. The molecule has 1 heterocycles. The Bertz CT molecular complexity index is 639. The summed E-state index contributed by atoms with van der Waals surface area (Å²) in [5.41, 5.74) is -0.849. The van der Waals surface area contributed by atoms with Gasteiger partial charge in [0.05, 0.1) is 12.0 Å². The van der Waals surface area contributed by atoms with E-state index in [1.807, 2.05) is 31.2 Å². The van der Waals surface area contributed by atoms with Crippen LogP contribution in [0.5, 0.6) is 0 Å². The van der Waals surface area contributed by atoms with Crippen LogP contribution >= 0.6 is 0 Å². The van der Waals surface area contributed by atoms with Gasteiger partial charge in [-0.2, -0.15) is 0 Å². The van der Waals surface area contributed by atoms with Gasteiger partial charge in [-0.25, -0.2) is 9.18 Å². The predicted molar refractivity (Wildman–Crippen MR) is 84.0 cm³/mol. The number of carboxylic acid groups (broad SMARTS) is 1. The van der Waals surface area contributed by atoms with Crippen LogP contribution in [0.4, 0.5) is 4.39 Å². The molecule has 124 valence electrons.